The molecule has 2 amide bonds. The van der Waals surface area contributed by atoms with Crippen LogP contribution in [-0.4, -0.2) is 38.0 Å². The lowest BCUT2D eigenvalue weighted by atomic mass is 10.1. The summed E-state index contributed by atoms with van der Waals surface area (Å²) in [5, 5.41) is 15.7. The van der Waals surface area contributed by atoms with E-state index in [-0.39, 0.29) is 12.2 Å². The summed E-state index contributed by atoms with van der Waals surface area (Å²) in [6.07, 6.45) is -1.46. The van der Waals surface area contributed by atoms with Gasteiger partial charge in [-0.15, -0.1) is 10.2 Å². The fourth-order valence-electron chi connectivity index (χ4n) is 2.31. The Morgan fingerprint density at radius 1 is 1.33 bits per heavy atom. The third kappa shape index (κ3) is 4.42. The molecule has 0 fully saturated rings. The van der Waals surface area contributed by atoms with Gasteiger partial charge in [0.25, 0.3) is 0 Å². The number of carbonyl (C=O) groups excluding carboxylic acids is 1. The highest BCUT2D eigenvalue weighted by molar-refractivity contribution is 7.11. The highest BCUT2D eigenvalue weighted by Crippen LogP contribution is 2.33. The van der Waals surface area contributed by atoms with Crippen LogP contribution in [0.2, 0.25) is 0 Å². The average molecular weight is 396 g/mol. The van der Waals surface area contributed by atoms with Crippen molar-refractivity contribution in [3.8, 4) is 5.69 Å². The molecule has 0 unspecified atom stereocenters. The van der Waals surface area contributed by atoms with Crippen molar-refractivity contribution in [3.05, 3.63) is 52.2 Å². The highest BCUT2D eigenvalue weighted by atomic mass is 32.1. The normalized spacial score (nSPS) is 11.4. The van der Waals surface area contributed by atoms with Crippen LogP contribution in [-0.2, 0) is 12.7 Å². The Kier molecular flexibility index (Phi) is 5.13. The highest BCUT2D eigenvalue weighted by Gasteiger charge is 2.31. The Morgan fingerprint density at radius 2 is 2.11 bits per heavy atom. The molecule has 0 aliphatic carbocycles. The van der Waals surface area contributed by atoms with Crippen molar-refractivity contribution in [3.63, 3.8) is 0 Å². The summed E-state index contributed by atoms with van der Waals surface area (Å²) in [7, 11) is 1.52. The molecule has 3 rings (SSSR count). The molecule has 3 aromatic rings. The molecule has 27 heavy (non-hydrogen) atoms. The number of aryl methyl sites for hydroxylation is 1. The molecular formula is C16H15F3N6OS. The van der Waals surface area contributed by atoms with E-state index >= 15 is 0 Å². The van der Waals surface area contributed by atoms with Crippen molar-refractivity contribution in [1.82, 2.24) is 24.9 Å². The largest absolute Gasteiger partial charge is 0.416 e. The molecule has 2 aromatic heterocycles. The topological polar surface area (TPSA) is 75.9 Å². The molecule has 0 radical (unpaired) electrons. The monoisotopic (exact) mass is 396 g/mol. The van der Waals surface area contributed by atoms with Crippen LogP contribution in [0.4, 0.5) is 23.7 Å². The van der Waals surface area contributed by atoms with Crippen LogP contribution in [0.5, 0.6) is 0 Å². The van der Waals surface area contributed by atoms with Gasteiger partial charge in [-0.05, 0) is 31.2 Å². The minimum Gasteiger partial charge on any atom is -0.321 e. The first-order valence-electron chi connectivity index (χ1n) is 7.76. The fourth-order valence-corrected chi connectivity index (χ4v) is 3.07. The second kappa shape index (κ2) is 7.35. The summed E-state index contributed by atoms with van der Waals surface area (Å²) in [6.45, 7) is 1.98. The predicted molar refractivity (Wildman–Crippen MR) is 93.7 cm³/mol. The maximum Gasteiger partial charge on any atom is 0.416 e. The van der Waals surface area contributed by atoms with E-state index in [1.807, 2.05) is 0 Å². The molecule has 142 valence electrons. The zero-order valence-corrected chi connectivity index (χ0v) is 15.2. The number of nitrogens with one attached hydrogen (secondary N) is 1. The van der Waals surface area contributed by atoms with Crippen LogP contribution < -0.4 is 5.32 Å². The number of carbonyl (C=O) groups is 1. The van der Waals surface area contributed by atoms with Gasteiger partial charge < -0.3 is 10.2 Å². The van der Waals surface area contributed by atoms with Crippen LogP contribution in [0.3, 0.4) is 0 Å². The standard InChI is InChI=1S/C16H15F3N6OS/c1-10-22-23-14(27-10)9-24(2)15(26)21-12-8-11(16(17,18)19)4-5-13(12)25-7-3-6-20-25/h3-8H,9H2,1-2H3,(H,21,26). The lowest BCUT2D eigenvalue weighted by Gasteiger charge is -2.19. The van der Waals surface area contributed by atoms with Crippen molar-refractivity contribution in [2.24, 2.45) is 0 Å². The Morgan fingerprint density at radius 3 is 2.70 bits per heavy atom. The summed E-state index contributed by atoms with van der Waals surface area (Å²) in [5.41, 5.74) is -0.545. The van der Waals surface area contributed by atoms with E-state index in [1.54, 1.807) is 19.2 Å². The van der Waals surface area contributed by atoms with Gasteiger partial charge in [0.05, 0.1) is 23.5 Å². The van der Waals surface area contributed by atoms with E-state index in [1.165, 1.54) is 40.2 Å². The number of anilines is 1. The van der Waals surface area contributed by atoms with Crippen molar-refractivity contribution < 1.29 is 18.0 Å². The molecule has 0 aliphatic rings. The number of hydrogen-bond acceptors (Lipinski definition) is 5. The van der Waals surface area contributed by atoms with Crippen LogP contribution in [0, 0.1) is 6.92 Å². The maximum absolute atomic E-state index is 13.1. The minimum atomic E-state index is -4.53. The first-order chi connectivity index (χ1) is 12.7. The van der Waals surface area contributed by atoms with E-state index in [0.29, 0.717) is 10.7 Å². The number of nitrogens with zero attached hydrogens (tertiary/aromatic N) is 5. The van der Waals surface area contributed by atoms with Gasteiger partial charge in [-0.1, -0.05) is 11.3 Å². The molecule has 0 atom stereocenters. The predicted octanol–water partition coefficient (Wildman–Crippen LogP) is 3.71. The van der Waals surface area contributed by atoms with Crippen LogP contribution in [0.25, 0.3) is 5.69 Å². The van der Waals surface area contributed by atoms with Gasteiger partial charge in [-0.2, -0.15) is 18.3 Å². The second-order valence-electron chi connectivity index (χ2n) is 5.68. The van der Waals surface area contributed by atoms with E-state index < -0.39 is 17.8 Å². The van der Waals surface area contributed by atoms with E-state index in [4.69, 9.17) is 0 Å². The quantitative estimate of drug-likeness (QED) is 0.729. The molecule has 0 saturated carbocycles. The summed E-state index contributed by atoms with van der Waals surface area (Å²) in [6, 6.07) is 4.15. The zero-order valence-electron chi connectivity index (χ0n) is 14.4. The molecule has 0 bridgehead atoms. The molecule has 7 nitrogen and oxygen atoms in total. The van der Waals surface area contributed by atoms with E-state index in [0.717, 1.165) is 17.1 Å². The zero-order chi connectivity index (χ0) is 19.6. The fraction of sp³-hybridized carbons (Fsp3) is 0.250. The van der Waals surface area contributed by atoms with Gasteiger partial charge in [-0.3, -0.25) is 0 Å². The Hall–Kier alpha value is -2.95. The van der Waals surface area contributed by atoms with Crippen LogP contribution in [0.1, 0.15) is 15.6 Å². The second-order valence-corrected chi connectivity index (χ2v) is 6.95. The number of rotatable bonds is 4. The lowest BCUT2D eigenvalue weighted by molar-refractivity contribution is -0.137. The number of amides is 2. The number of hydrogen-bond donors (Lipinski definition) is 1. The molecule has 1 N–H and O–H groups in total. The average Bonchev–Trinajstić information content (AvgIpc) is 3.26. The van der Waals surface area contributed by atoms with Crippen LogP contribution in [0.15, 0.2) is 36.7 Å². The van der Waals surface area contributed by atoms with Gasteiger partial charge in [-0.25, -0.2) is 9.48 Å². The number of alkyl halides is 3. The van der Waals surface area contributed by atoms with Gasteiger partial charge in [0.1, 0.15) is 10.0 Å². The smallest absolute Gasteiger partial charge is 0.321 e. The van der Waals surface area contributed by atoms with E-state index in [9.17, 15) is 18.0 Å². The molecule has 0 spiro atoms. The maximum atomic E-state index is 13.1. The van der Waals surface area contributed by atoms with Gasteiger partial charge >= 0.3 is 12.2 Å². The SMILES string of the molecule is Cc1nnc(CN(C)C(=O)Nc2cc(C(F)(F)F)ccc2-n2cccn2)s1. The summed E-state index contributed by atoms with van der Waals surface area (Å²) in [5.74, 6) is 0. The van der Waals surface area contributed by atoms with Crippen molar-refractivity contribution >= 4 is 23.1 Å². The van der Waals surface area contributed by atoms with Crippen molar-refractivity contribution in [2.75, 3.05) is 12.4 Å². The third-order valence-electron chi connectivity index (χ3n) is 3.60. The Balaban J connectivity index is 1.86. The molecule has 11 heteroatoms. The molecule has 0 aliphatic heterocycles. The van der Waals surface area contributed by atoms with Crippen LogP contribution >= 0.6 is 11.3 Å². The molecule has 1 aromatic carbocycles. The number of urea groups is 1. The number of benzene rings is 1. The third-order valence-corrected chi connectivity index (χ3v) is 4.43. The first kappa shape index (κ1) is 18.8. The van der Waals surface area contributed by atoms with Crippen molar-refractivity contribution in [1.29, 1.82) is 0 Å². The minimum absolute atomic E-state index is 0.00109. The van der Waals surface area contributed by atoms with E-state index in [2.05, 4.69) is 20.6 Å². The Labute approximate surface area is 156 Å². The number of halogens is 3. The molecule has 2 heterocycles. The molecular weight excluding hydrogens is 381 g/mol. The molecule has 0 saturated heterocycles. The van der Waals surface area contributed by atoms with Gasteiger partial charge in [0, 0.05) is 19.4 Å². The summed E-state index contributed by atoms with van der Waals surface area (Å²) < 4.78 is 40.6. The summed E-state index contributed by atoms with van der Waals surface area (Å²) >= 11 is 1.34. The number of aromatic nitrogens is 4. The summed E-state index contributed by atoms with van der Waals surface area (Å²) in [4.78, 5) is 13.8. The van der Waals surface area contributed by atoms with Gasteiger partial charge in [0.2, 0.25) is 0 Å². The van der Waals surface area contributed by atoms with Crippen molar-refractivity contribution in [2.45, 2.75) is 19.6 Å². The Bertz CT molecular complexity index is 938. The lowest BCUT2D eigenvalue weighted by Crippen LogP contribution is -2.31. The van der Waals surface area contributed by atoms with Gasteiger partial charge in [0.15, 0.2) is 0 Å². The first-order valence-corrected chi connectivity index (χ1v) is 8.58.